The molecular weight excluding hydrogens is 305 g/mol. The van der Waals surface area contributed by atoms with E-state index >= 15 is 0 Å². The third-order valence-electron chi connectivity index (χ3n) is 4.44. The van der Waals surface area contributed by atoms with E-state index in [0.717, 1.165) is 25.2 Å². The van der Waals surface area contributed by atoms with Gasteiger partial charge in [-0.1, -0.05) is 6.07 Å². The molecule has 2 aromatic heterocycles. The van der Waals surface area contributed by atoms with Gasteiger partial charge in [-0.05, 0) is 49.7 Å². The molecule has 120 valence electrons. The van der Waals surface area contributed by atoms with Crippen LogP contribution in [0.25, 0.3) is 16.8 Å². The van der Waals surface area contributed by atoms with Gasteiger partial charge in [0.25, 0.3) is 0 Å². The lowest BCUT2D eigenvalue weighted by Crippen LogP contribution is -2.18. The number of likely N-dealkylation sites (tertiary alicyclic amines) is 1. The van der Waals surface area contributed by atoms with E-state index in [4.69, 9.17) is 0 Å². The first kappa shape index (κ1) is 14.8. The smallest absolute Gasteiger partial charge is 0.173 e. The quantitative estimate of drug-likeness (QED) is 0.744. The van der Waals surface area contributed by atoms with Crippen molar-refractivity contribution in [1.29, 1.82) is 5.26 Å². The number of halogens is 1. The lowest BCUT2D eigenvalue weighted by atomic mass is 10.0. The van der Waals surface area contributed by atoms with Crippen LogP contribution in [0.1, 0.15) is 24.0 Å². The standard InChI is InChI=1S/C18H16FN5/c19-17-4-3-13(10-23-5-1-2-6-23)7-16(17)15-8-14(9-20)18-21-12-22-24(18)11-15/h3-4,7-8,11-12H,1-2,5-6,10H2. The van der Waals surface area contributed by atoms with E-state index in [0.29, 0.717) is 22.3 Å². The molecule has 1 aromatic carbocycles. The van der Waals surface area contributed by atoms with Gasteiger partial charge in [-0.2, -0.15) is 10.4 Å². The highest BCUT2D eigenvalue weighted by atomic mass is 19.1. The lowest BCUT2D eigenvalue weighted by Gasteiger charge is -2.15. The van der Waals surface area contributed by atoms with Crippen molar-refractivity contribution < 1.29 is 4.39 Å². The molecule has 0 saturated carbocycles. The van der Waals surface area contributed by atoms with Crippen LogP contribution >= 0.6 is 0 Å². The fourth-order valence-corrected chi connectivity index (χ4v) is 3.25. The van der Waals surface area contributed by atoms with Gasteiger partial charge in [-0.25, -0.2) is 13.9 Å². The first-order valence-electron chi connectivity index (χ1n) is 7.99. The van der Waals surface area contributed by atoms with Crippen molar-refractivity contribution in [3.05, 3.63) is 53.7 Å². The van der Waals surface area contributed by atoms with Gasteiger partial charge in [0.1, 0.15) is 18.2 Å². The third kappa shape index (κ3) is 2.63. The number of hydrogen-bond acceptors (Lipinski definition) is 4. The van der Waals surface area contributed by atoms with E-state index in [1.54, 1.807) is 12.3 Å². The summed E-state index contributed by atoms with van der Waals surface area (Å²) in [6, 6.07) is 8.97. The van der Waals surface area contributed by atoms with Crippen molar-refractivity contribution in [2.75, 3.05) is 13.1 Å². The first-order valence-corrected chi connectivity index (χ1v) is 7.99. The summed E-state index contributed by atoms with van der Waals surface area (Å²) in [6.45, 7) is 3.01. The van der Waals surface area contributed by atoms with E-state index in [2.05, 4.69) is 21.1 Å². The van der Waals surface area contributed by atoms with E-state index in [1.165, 1.54) is 29.8 Å². The second-order valence-corrected chi connectivity index (χ2v) is 6.08. The SMILES string of the molecule is N#Cc1cc(-c2cc(CN3CCCC3)ccc2F)cn2ncnc12. The molecule has 6 heteroatoms. The van der Waals surface area contributed by atoms with Crippen LogP contribution in [-0.4, -0.2) is 32.6 Å². The molecule has 1 fully saturated rings. The van der Waals surface area contributed by atoms with Crippen LogP contribution in [0, 0.1) is 17.1 Å². The minimum Gasteiger partial charge on any atom is -0.299 e. The molecule has 5 nitrogen and oxygen atoms in total. The van der Waals surface area contributed by atoms with Crippen LogP contribution in [0.2, 0.25) is 0 Å². The molecule has 24 heavy (non-hydrogen) atoms. The van der Waals surface area contributed by atoms with Crippen LogP contribution in [-0.2, 0) is 6.54 Å². The Morgan fingerprint density at radius 1 is 1.21 bits per heavy atom. The van der Waals surface area contributed by atoms with Crippen molar-refractivity contribution in [2.24, 2.45) is 0 Å². The Morgan fingerprint density at radius 3 is 2.83 bits per heavy atom. The number of fused-ring (bicyclic) bond motifs is 1. The second-order valence-electron chi connectivity index (χ2n) is 6.08. The molecule has 3 aromatic rings. The lowest BCUT2D eigenvalue weighted by molar-refractivity contribution is 0.331. The topological polar surface area (TPSA) is 57.2 Å². The molecule has 1 aliphatic heterocycles. The molecule has 1 saturated heterocycles. The summed E-state index contributed by atoms with van der Waals surface area (Å²) in [5.41, 5.74) is 3.06. The first-order chi connectivity index (χ1) is 11.7. The molecule has 0 bridgehead atoms. The summed E-state index contributed by atoms with van der Waals surface area (Å²) in [6.07, 6.45) is 5.55. The molecule has 3 heterocycles. The van der Waals surface area contributed by atoms with Gasteiger partial charge in [-0.3, -0.25) is 4.90 Å². The highest BCUT2D eigenvalue weighted by Gasteiger charge is 2.15. The van der Waals surface area contributed by atoms with Gasteiger partial charge in [0.15, 0.2) is 5.65 Å². The molecule has 0 N–H and O–H groups in total. The Hall–Kier alpha value is -2.78. The summed E-state index contributed by atoms with van der Waals surface area (Å²) in [5, 5.41) is 13.4. The molecule has 0 amide bonds. The maximum atomic E-state index is 14.4. The number of nitrogens with zero attached hydrogens (tertiary/aromatic N) is 5. The largest absolute Gasteiger partial charge is 0.299 e. The Kier molecular flexibility index (Phi) is 3.71. The molecule has 0 radical (unpaired) electrons. The molecule has 0 unspecified atom stereocenters. The summed E-state index contributed by atoms with van der Waals surface area (Å²) < 4.78 is 15.9. The fourth-order valence-electron chi connectivity index (χ4n) is 3.25. The summed E-state index contributed by atoms with van der Waals surface area (Å²) in [5.74, 6) is -0.302. The molecule has 0 aliphatic carbocycles. The predicted molar refractivity (Wildman–Crippen MR) is 87.6 cm³/mol. The predicted octanol–water partition coefficient (Wildman–Crippen LogP) is 3.00. The van der Waals surface area contributed by atoms with Crippen LogP contribution in [0.15, 0.2) is 36.8 Å². The van der Waals surface area contributed by atoms with Gasteiger partial charge in [0, 0.05) is 23.9 Å². The number of pyridine rings is 1. The number of nitriles is 1. The summed E-state index contributed by atoms with van der Waals surface area (Å²) in [4.78, 5) is 6.44. The van der Waals surface area contributed by atoms with Crippen LogP contribution in [0.5, 0.6) is 0 Å². The minimum absolute atomic E-state index is 0.302. The molecule has 4 rings (SSSR count). The third-order valence-corrected chi connectivity index (χ3v) is 4.44. The average Bonchev–Trinajstić information content (AvgIpc) is 3.27. The average molecular weight is 321 g/mol. The normalized spacial score (nSPS) is 15.0. The Morgan fingerprint density at radius 2 is 2.04 bits per heavy atom. The van der Waals surface area contributed by atoms with Crippen LogP contribution < -0.4 is 0 Å². The van der Waals surface area contributed by atoms with Crippen LogP contribution in [0.3, 0.4) is 0 Å². The molecule has 0 atom stereocenters. The Labute approximate surface area is 139 Å². The number of rotatable bonds is 3. The van der Waals surface area contributed by atoms with E-state index in [-0.39, 0.29) is 5.82 Å². The van der Waals surface area contributed by atoms with Crippen molar-refractivity contribution in [1.82, 2.24) is 19.5 Å². The van der Waals surface area contributed by atoms with E-state index in [9.17, 15) is 9.65 Å². The summed E-state index contributed by atoms with van der Waals surface area (Å²) in [7, 11) is 0. The van der Waals surface area contributed by atoms with Crippen LogP contribution in [0.4, 0.5) is 4.39 Å². The van der Waals surface area contributed by atoms with Gasteiger partial charge < -0.3 is 0 Å². The maximum absolute atomic E-state index is 14.4. The number of aromatic nitrogens is 3. The zero-order chi connectivity index (χ0) is 16.5. The molecular formula is C18H16FN5. The highest BCUT2D eigenvalue weighted by molar-refractivity contribution is 5.70. The van der Waals surface area contributed by atoms with Gasteiger partial charge in [0.2, 0.25) is 0 Å². The summed E-state index contributed by atoms with van der Waals surface area (Å²) >= 11 is 0. The van der Waals surface area contributed by atoms with Crippen molar-refractivity contribution in [3.8, 4) is 17.2 Å². The van der Waals surface area contributed by atoms with Crippen molar-refractivity contribution in [2.45, 2.75) is 19.4 Å². The Bertz CT molecular complexity index is 934. The molecule has 1 aliphatic rings. The van der Waals surface area contributed by atoms with Gasteiger partial charge in [0.05, 0.1) is 5.56 Å². The zero-order valence-corrected chi connectivity index (χ0v) is 13.1. The van der Waals surface area contributed by atoms with Gasteiger partial charge >= 0.3 is 0 Å². The number of hydrogen-bond donors (Lipinski definition) is 0. The number of benzene rings is 1. The minimum atomic E-state index is -0.302. The van der Waals surface area contributed by atoms with Crippen molar-refractivity contribution in [3.63, 3.8) is 0 Å². The Balaban J connectivity index is 1.76. The maximum Gasteiger partial charge on any atom is 0.173 e. The second kappa shape index (κ2) is 6.02. The fraction of sp³-hybridized carbons (Fsp3) is 0.278. The van der Waals surface area contributed by atoms with Gasteiger partial charge in [-0.15, -0.1) is 0 Å². The van der Waals surface area contributed by atoms with Crippen molar-refractivity contribution >= 4 is 5.65 Å². The zero-order valence-electron chi connectivity index (χ0n) is 13.1. The highest BCUT2D eigenvalue weighted by Crippen LogP contribution is 2.27. The van der Waals surface area contributed by atoms with E-state index in [1.807, 2.05) is 12.1 Å². The molecule has 0 spiro atoms. The van der Waals surface area contributed by atoms with E-state index < -0.39 is 0 Å². The monoisotopic (exact) mass is 321 g/mol.